The van der Waals surface area contributed by atoms with Crippen LogP contribution in [0.25, 0.3) is 0 Å². The summed E-state index contributed by atoms with van der Waals surface area (Å²) in [5, 5.41) is 2.86. The molecule has 1 amide bonds. The van der Waals surface area contributed by atoms with Crippen LogP contribution in [0, 0.1) is 6.92 Å². The van der Waals surface area contributed by atoms with Gasteiger partial charge in [-0.15, -0.1) is 0 Å². The number of rotatable bonds is 8. The van der Waals surface area contributed by atoms with Gasteiger partial charge in [0.15, 0.2) is 0 Å². The lowest BCUT2D eigenvalue weighted by atomic mass is 10.1. The molecule has 0 aromatic heterocycles. The number of carbonyl (C=O) groups is 1. The van der Waals surface area contributed by atoms with Crippen LogP contribution < -0.4 is 14.4 Å². The first kappa shape index (κ1) is 22.4. The second-order valence-corrected chi connectivity index (χ2v) is 9.03. The molecule has 162 valence electrons. The van der Waals surface area contributed by atoms with E-state index in [2.05, 4.69) is 5.32 Å². The van der Waals surface area contributed by atoms with E-state index in [4.69, 9.17) is 4.74 Å². The van der Waals surface area contributed by atoms with Gasteiger partial charge in [0.25, 0.3) is 15.9 Å². The summed E-state index contributed by atoms with van der Waals surface area (Å²) in [6.45, 7) is 4.71. The highest BCUT2D eigenvalue weighted by molar-refractivity contribution is 7.92. The van der Waals surface area contributed by atoms with E-state index in [9.17, 15) is 13.2 Å². The van der Waals surface area contributed by atoms with Gasteiger partial charge in [0, 0.05) is 13.6 Å². The molecule has 31 heavy (non-hydrogen) atoms. The zero-order chi connectivity index (χ0) is 22.4. The average Bonchev–Trinajstić information content (AvgIpc) is 2.78. The molecule has 0 radical (unpaired) electrons. The average molecular weight is 439 g/mol. The first-order chi connectivity index (χ1) is 14.8. The lowest BCUT2D eigenvalue weighted by Gasteiger charge is -2.22. The van der Waals surface area contributed by atoms with Crippen LogP contribution in [0.1, 0.15) is 28.4 Å². The van der Waals surface area contributed by atoms with E-state index in [1.165, 1.54) is 7.05 Å². The van der Waals surface area contributed by atoms with Gasteiger partial charge in [-0.2, -0.15) is 0 Å². The molecule has 0 unspecified atom stereocenters. The van der Waals surface area contributed by atoms with E-state index in [-0.39, 0.29) is 16.4 Å². The predicted octanol–water partition coefficient (Wildman–Crippen LogP) is 4.15. The lowest BCUT2D eigenvalue weighted by molar-refractivity contribution is 0.0951. The Kier molecular flexibility index (Phi) is 6.97. The first-order valence-electron chi connectivity index (χ1n) is 9.97. The Morgan fingerprint density at radius 1 is 0.968 bits per heavy atom. The number of carbonyl (C=O) groups excluding carboxylic acids is 1. The van der Waals surface area contributed by atoms with Crippen molar-refractivity contribution < 1.29 is 17.9 Å². The number of benzene rings is 3. The number of anilines is 1. The zero-order valence-corrected chi connectivity index (χ0v) is 18.6. The topological polar surface area (TPSA) is 75.7 Å². The van der Waals surface area contributed by atoms with Crippen molar-refractivity contribution in [2.45, 2.75) is 25.3 Å². The number of nitrogens with one attached hydrogen (secondary N) is 1. The molecule has 1 N–H and O–H groups in total. The van der Waals surface area contributed by atoms with Crippen LogP contribution in [0.5, 0.6) is 5.75 Å². The molecule has 0 saturated heterocycles. The molecule has 3 rings (SSSR count). The Bertz CT molecular complexity index is 1140. The van der Waals surface area contributed by atoms with Gasteiger partial charge in [0.2, 0.25) is 0 Å². The van der Waals surface area contributed by atoms with Crippen LogP contribution in [0.3, 0.4) is 0 Å². The van der Waals surface area contributed by atoms with E-state index < -0.39 is 10.0 Å². The first-order valence-corrected chi connectivity index (χ1v) is 11.4. The molecular formula is C24H26N2O4S. The summed E-state index contributed by atoms with van der Waals surface area (Å²) in [5.41, 5.74) is 2.48. The number of hydrogen-bond donors (Lipinski definition) is 1. The number of aryl methyl sites for hydroxylation is 1. The van der Waals surface area contributed by atoms with Gasteiger partial charge < -0.3 is 10.1 Å². The number of para-hydroxylation sites is 1. The third-order valence-corrected chi connectivity index (χ3v) is 6.64. The molecule has 3 aromatic carbocycles. The fraction of sp³-hybridized carbons (Fsp3) is 0.208. The second-order valence-electron chi connectivity index (χ2n) is 7.06. The molecule has 0 saturated carbocycles. The van der Waals surface area contributed by atoms with Crippen LogP contribution in [0.15, 0.2) is 77.7 Å². The normalized spacial score (nSPS) is 11.1. The van der Waals surface area contributed by atoms with Crippen LogP contribution in [-0.2, 0) is 16.6 Å². The molecule has 0 aliphatic heterocycles. The second kappa shape index (κ2) is 9.66. The molecule has 0 aliphatic carbocycles. The standard InChI is InChI=1S/C24H26N2O4S/c1-4-30-20-13-11-19(12-14-20)17-25-24(27)22-7-5-6-8-23(22)26(3)31(28,29)21-15-9-18(2)10-16-21/h5-16H,4,17H2,1-3H3,(H,25,27). The van der Waals surface area contributed by atoms with Crippen molar-refractivity contribution in [3.63, 3.8) is 0 Å². The minimum atomic E-state index is -3.80. The summed E-state index contributed by atoms with van der Waals surface area (Å²) in [4.78, 5) is 13.0. The molecule has 0 fully saturated rings. The molecule has 0 heterocycles. The van der Waals surface area contributed by atoms with Gasteiger partial charge in [0.1, 0.15) is 5.75 Å². The largest absolute Gasteiger partial charge is 0.494 e. The summed E-state index contributed by atoms with van der Waals surface area (Å²) >= 11 is 0. The van der Waals surface area contributed by atoms with E-state index >= 15 is 0 Å². The number of ether oxygens (including phenoxy) is 1. The zero-order valence-electron chi connectivity index (χ0n) is 17.8. The molecule has 3 aromatic rings. The molecule has 0 atom stereocenters. The maximum atomic E-state index is 13.1. The van der Waals surface area contributed by atoms with Crippen molar-refractivity contribution in [3.05, 3.63) is 89.5 Å². The Hall–Kier alpha value is -3.32. The highest BCUT2D eigenvalue weighted by Crippen LogP contribution is 2.26. The van der Waals surface area contributed by atoms with Gasteiger partial charge in [-0.05, 0) is 55.8 Å². The predicted molar refractivity (Wildman–Crippen MR) is 122 cm³/mol. The highest BCUT2D eigenvalue weighted by atomic mass is 32.2. The van der Waals surface area contributed by atoms with Crippen molar-refractivity contribution in [2.24, 2.45) is 0 Å². The van der Waals surface area contributed by atoms with Crippen molar-refractivity contribution in [1.29, 1.82) is 0 Å². The maximum Gasteiger partial charge on any atom is 0.264 e. The Morgan fingerprint density at radius 3 is 2.26 bits per heavy atom. The summed E-state index contributed by atoms with van der Waals surface area (Å²) in [6.07, 6.45) is 0. The lowest BCUT2D eigenvalue weighted by Crippen LogP contribution is -2.30. The molecule has 0 bridgehead atoms. The van der Waals surface area contributed by atoms with Gasteiger partial charge in [-0.1, -0.05) is 42.0 Å². The third-order valence-electron chi connectivity index (χ3n) is 4.85. The number of nitrogens with zero attached hydrogens (tertiary/aromatic N) is 1. The fourth-order valence-electron chi connectivity index (χ4n) is 3.09. The Balaban J connectivity index is 1.78. The maximum absolute atomic E-state index is 13.1. The Labute approximate surface area is 183 Å². The molecule has 7 heteroatoms. The number of amides is 1. The quantitative estimate of drug-likeness (QED) is 0.573. The summed E-state index contributed by atoms with van der Waals surface area (Å²) in [7, 11) is -2.35. The minimum absolute atomic E-state index is 0.171. The summed E-state index contributed by atoms with van der Waals surface area (Å²) in [6, 6.07) is 20.7. The Morgan fingerprint density at radius 2 is 1.61 bits per heavy atom. The van der Waals surface area contributed by atoms with Crippen molar-refractivity contribution in [3.8, 4) is 5.75 Å². The third kappa shape index (κ3) is 5.24. The highest BCUT2D eigenvalue weighted by Gasteiger charge is 2.24. The molecule has 6 nitrogen and oxygen atoms in total. The minimum Gasteiger partial charge on any atom is -0.494 e. The van der Waals surface area contributed by atoms with E-state index in [0.717, 1.165) is 21.2 Å². The van der Waals surface area contributed by atoms with Crippen LogP contribution in [0.4, 0.5) is 5.69 Å². The SMILES string of the molecule is CCOc1ccc(CNC(=O)c2ccccc2N(C)S(=O)(=O)c2ccc(C)cc2)cc1. The van der Waals surface area contributed by atoms with E-state index in [1.54, 1.807) is 48.5 Å². The van der Waals surface area contributed by atoms with Crippen LogP contribution in [-0.4, -0.2) is 28.0 Å². The van der Waals surface area contributed by atoms with Gasteiger partial charge >= 0.3 is 0 Å². The monoisotopic (exact) mass is 438 g/mol. The molecular weight excluding hydrogens is 412 g/mol. The molecule has 0 spiro atoms. The van der Waals surface area contributed by atoms with Crippen LogP contribution >= 0.6 is 0 Å². The number of hydrogen-bond acceptors (Lipinski definition) is 4. The van der Waals surface area contributed by atoms with Crippen LogP contribution in [0.2, 0.25) is 0 Å². The molecule has 0 aliphatic rings. The van der Waals surface area contributed by atoms with E-state index in [1.807, 2.05) is 38.1 Å². The van der Waals surface area contributed by atoms with Crippen molar-refractivity contribution in [1.82, 2.24) is 5.32 Å². The van der Waals surface area contributed by atoms with Gasteiger partial charge in [-0.3, -0.25) is 9.10 Å². The summed E-state index contributed by atoms with van der Waals surface area (Å²) < 4.78 is 32.7. The van der Waals surface area contributed by atoms with Crippen molar-refractivity contribution >= 4 is 21.6 Å². The van der Waals surface area contributed by atoms with E-state index in [0.29, 0.717) is 18.8 Å². The number of sulfonamides is 1. The van der Waals surface area contributed by atoms with Gasteiger partial charge in [0.05, 0.1) is 22.8 Å². The van der Waals surface area contributed by atoms with Gasteiger partial charge in [-0.25, -0.2) is 8.42 Å². The fourth-order valence-corrected chi connectivity index (χ4v) is 4.30. The smallest absolute Gasteiger partial charge is 0.264 e. The summed E-state index contributed by atoms with van der Waals surface area (Å²) in [5.74, 6) is 0.418. The van der Waals surface area contributed by atoms with Crippen molar-refractivity contribution in [2.75, 3.05) is 18.0 Å².